The van der Waals surface area contributed by atoms with Gasteiger partial charge in [-0.25, -0.2) is 4.79 Å². The first kappa shape index (κ1) is 14.5. The number of hydrogen-bond donors (Lipinski definition) is 0. The van der Waals surface area contributed by atoms with E-state index < -0.39 is 23.1 Å². The lowest BCUT2D eigenvalue weighted by Gasteiger charge is -2.32. The van der Waals surface area contributed by atoms with Crippen LogP contribution < -0.4 is 0 Å². The van der Waals surface area contributed by atoms with Crippen LogP contribution in [0.1, 0.15) is 33.6 Å². The molecule has 0 aromatic heterocycles. The van der Waals surface area contributed by atoms with Crippen molar-refractivity contribution in [3.63, 3.8) is 0 Å². The molecule has 18 heavy (non-hydrogen) atoms. The maximum absolute atomic E-state index is 12.3. The first-order valence-corrected chi connectivity index (χ1v) is 5.94. The number of rotatable bonds is 4. The Morgan fingerprint density at radius 2 is 2.17 bits per heavy atom. The summed E-state index contributed by atoms with van der Waals surface area (Å²) < 4.78 is 10.6. The molecule has 0 radical (unpaired) electrons. The predicted molar refractivity (Wildman–Crippen MR) is 67.8 cm³/mol. The van der Waals surface area contributed by atoms with Crippen molar-refractivity contribution >= 4 is 11.9 Å². The molecule has 1 aliphatic rings. The molecule has 1 fully saturated rings. The third-order valence-electron chi connectivity index (χ3n) is 2.76. The molecule has 1 saturated heterocycles. The Hall–Kier alpha value is -1.58. The highest BCUT2D eigenvalue weighted by atomic mass is 16.6. The van der Waals surface area contributed by atoms with Crippen LogP contribution in [-0.2, 0) is 19.1 Å². The normalized spacial score (nSPS) is 27.5. The van der Waals surface area contributed by atoms with Crippen molar-refractivity contribution in [2.24, 2.45) is 5.92 Å². The summed E-state index contributed by atoms with van der Waals surface area (Å²) >= 11 is 0. The van der Waals surface area contributed by atoms with Gasteiger partial charge in [-0.05, 0) is 20.8 Å². The Kier molecular flexibility index (Phi) is 3.99. The SMILES string of the molecule is C=CC[C@@]1(C(=O)OC(C)(C)C)OC(=O)C[C@H]1C=C. The average Bonchev–Trinajstić information content (AvgIpc) is 2.54. The van der Waals surface area contributed by atoms with E-state index in [2.05, 4.69) is 13.2 Å². The van der Waals surface area contributed by atoms with Crippen LogP contribution in [-0.4, -0.2) is 23.1 Å². The second kappa shape index (κ2) is 4.96. The molecule has 0 aromatic rings. The highest BCUT2D eigenvalue weighted by Crippen LogP contribution is 2.39. The largest absolute Gasteiger partial charge is 0.457 e. The summed E-state index contributed by atoms with van der Waals surface area (Å²) in [6.45, 7) is 12.6. The van der Waals surface area contributed by atoms with E-state index in [-0.39, 0.29) is 18.8 Å². The van der Waals surface area contributed by atoms with Gasteiger partial charge in [0.05, 0.1) is 6.42 Å². The van der Waals surface area contributed by atoms with Gasteiger partial charge in [-0.1, -0.05) is 12.2 Å². The van der Waals surface area contributed by atoms with Crippen molar-refractivity contribution in [3.8, 4) is 0 Å². The standard InChI is InChI=1S/C14H20O4/c1-6-8-14(12(16)18-13(3,4)5)10(7-2)9-11(15)17-14/h6-7,10H,1-2,8-9H2,3-5H3/t10-,14-/m1/s1. The molecule has 0 amide bonds. The summed E-state index contributed by atoms with van der Waals surface area (Å²) in [5, 5.41) is 0. The highest BCUT2D eigenvalue weighted by molar-refractivity contribution is 5.88. The fraction of sp³-hybridized carbons (Fsp3) is 0.571. The molecular formula is C14H20O4. The molecule has 100 valence electrons. The van der Waals surface area contributed by atoms with Crippen molar-refractivity contribution in [2.45, 2.75) is 44.8 Å². The quantitative estimate of drug-likeness (QED) is 0.569. The van der Waals surface area contributed by atoms with Gasteiger partial charge in [0.15, 0.2) is 0 Å². The fourth-order valence-electron chi connectivity index (χ4n) is 1.99. The molecule has 0 bridgehead atoms. The van der Waals surface area contributed by atoms with Gasteiger partial charge in [-0.15, -0.1) is 13.2 Å². The number of carbonyl (C=O) groups is 2. The molecule has 0 saturated carbocycles. The molecule has 0 aliphatic carbocycles. The van der Waals surface area contributed by atoms with Gasteiger partial charge >= 0.3 is 11.9 Å². The Morgan fingerprint density at radius 3 is 2.61 bits per heavy atom. The lowest BCUT2D eigenvalue weighted by Crippen LogP contribution is -2.47. The lowest BCUT2D eigenvalue weighted by molar-refractivity contribution is -0.185. The summed E-state index contributed by atoms with van der Waals surface area (Å²) in [4.78, 5) is 23.8. The minimum Gasteiger partial charge on any atom is -0.457 e. The van der Waals surface area contributed by atoms with Crippen LogP contribution in [0.2, 0.25) is 0 Å². The van der Waals surface area contributed by atoms with Gasteiger partial charge in [0.2, 0.25) is 5.60 Å². The number of ether oxygens (including phenoxy) is 2. The van der Waals surface area contributed by atoms with Gasteiger partial charge in [-0.3, -0.25) is 4.79 Å². The molecule has 0 aromatic carbocycles. The fourth-order valence-corrected chi connectivity index (χ4v) is 1.99. The number of carbonyl (C=O) groups excluding carboxylic acids is 2. The topological polar surface area (TPSA) is 52.6 Å². The number of hydrogen-bond acceptors (Lipinski definition) is 4. The first-order valence-electron chi connectivity index (χ1n) is 5.94. The van der Waals surface area contributed by atoms with E-state index in [1.165, 1.54) is 0 Å². The van der Waals surface area contributed by atoms with E-state index in [1.54, 1.807) is 32.9 Å². The van der Waals surface area contributed by atoms with Gasteiger partial charge < -0.3 is 9.47 Å². The summed E-state index contributed by atoms with van der Waals surface area (Å²) in [6.07, 6.45) is 3.50. The minimum atomic E-state index is -1.30. The second-order valence-corrected chi connectivity index (χ2v) is 5.40. The first-order chi connectivity index (χ1) is 8.25. The molecule has 0 unspecified atom stereocenters. The van der Waals surface area contributed by atoms with Crippen LogP contribution in [0.5, 0.6) is 0 Å². The van der Waals surface area contributed by atoms with Crippen molar-refractivity contribution in [1.82, 2.24) is 0 Å². The third kappa shape index (κ3) is 2.81. The Balaban J connectivity index is 3.06. The van der Waals surface area contributed by atoms with Crippen molar-refractivity contribution in [1.29, 1.82) is 0 Å². The van der Waals surface area contributed by atoms with Crippen LogP contribution in [0.4, 0.5) is 0 Å². The maximum Gasteiger partial charge on any atom is 0.352 e. The molecule has 1 aliphatic heterocycles. The minimum absolute atomic E-state index is 0.149. The molecule has 2 atom stereocenters. The van der Waals surface area contributed by atoms with E-state index in [0.29, 0.717) is 0 Å². The number of esters is 2. The molecule has 4 heteroatoms. The maximum atomic E-state index is 12.3. The molecule has 4 nitrogen and oxygen atoms in total. The Morgan fingerprint density at radius 1 is 1.56 bits per heavy atom. The molecule has 1 heterocycles. The number of cyclic esters (lactones) is 1. The highest BCUT2D eigenvalue weighted by Gasteiger charge is 2.54. The Labute approximate surface area is 108 Å². The average molecular weight is 252 g/mol. The van der Waals surface area contributed by atoms with Crippen LogP contribution in [0.25, 0.3) is 0 Å². The van der Waals surface area contributed by atoms with E-state index in [0.717, 1.165) is 0 Å². The predicted octanol–water partition coefficient (Wildman–Crippen LogP) is 2.39. The van der Waals surface area contributed by atoms with Crippen LogP contribution in [0.15, 0.2) is 25.3 Å². The zero-order valence-electron chi connectivity index (χ0n) is 11.2. The van der Waals surface area contributed by atoms with Gasteiger partial charge in [0, 0.05) is 12.3 Å². The van der Waals surface area contributed by atoms with Crippen LogP contribution >= 0.6 is 0 Å². The van der Waals surface area contributed by atoms with Crippen molar-refractivity contribution < 1.29 is 19.1 Å². The van der Waals surface area contributed by atoms with Crippen LogP contribution in [0.3, 0.4) is 0 Å². The van der Waals surface area contributed by atoms with E-state index in [9.17, 15) is 9.59 Å². The summed E-state index contributed by atoms with van der Waals surface area (Å²) in [5.74, 6) is -1.32. The summed E-state index contributed by atoms with van der Waals surface area (Å²) in [6, 6.07) is 0. The van der Waals surface area contributed by atoms with Crippen molar-refractivity contribution in [3.05, 3.63) is 25.3 Å². The smallest absolute Gasteiger partial charge is 0.352 e. The third-order valence-corrected chi connectivity index (χ3v) is 2.76. The van der Waals surface area contributed by atoms with E-state index >= 15 is 0 Å². The van der Waals surface area contributed by atoms with Gasteiger partial charge in [-0.2, -0.15) is 0 Å². The van der Waals surface area contributed by atoms with E-state index in [1.807, 2.05) is 0 Å². The van der Waals surface area contributed by atoms with Crippen molar-refractivity contribution in [2.75, 3.05) is 0 Å². The van der Waals surface area contributed by atoms with E-state index in [4.69, 9.17) is 9.47 Å². The zero-order valence-corrected chi connectivity index (χ0v) is 11.2. The molecular weight excluding hydrogens is 232 g/mol. The van der Waals surface area contributed by atoms with Crippen LogP contribution in [0, 0.1) is 5.92 Å². The summed E-state index contributed by atoms with van der Waals surface area (Å²) in [5.41, 5.74) is -1.93. The van der Waals surface area contributed by atoms with Gasteiger partial charge in [0.1, 0.15) is 5.60 Å². The van der Waals surface area contributed by atoms with Gasteiger partial charge in [0.25, 0.3) is 0 Å². The molecule has 1 rings (SSSR count). The second-order valence-electron chi connectivity index (χ2n) is 5.40. The lowest BCUT2D eigenvalue weighted by atomic mass is 9.84. The summed E-state index contributed by atoms with van der Waals surface area (Å²) in [7, 11) is 0. The molecule has 0 N–H and O–H groups in total. The molecule has 0 spiro atoms. The monoisotopic (exact) mass is 252 g/mol. The Bertz CT molecular complexity index is 378. The zero-order chi connectivity index (χ0) is 14.0.